The number of hydrogen-bond donors (Lipinski definition) is 1. The van der Waals surface area contributed by atoms with Crippen LogP contribution in [0.2, 0.25) is 0 Å². The van der Waals surface area contributed by atoms with E-state index >= 15 is 0 Å². The second kappa shape index (κ2) is 6.33. The SMILES string of the molecule is CNC(=O)[C@H]1CN(Cc2nc3ccccc3o2)C[C@@H]1c1cnn(C)c1. The fourth-order valence-electron chi connectivity index (χ4n) is 3.61. The fourth-order valence-corrected chi connectivity index (χ4v) is 3.61. The van der Waals surface area contributed by atoms with Gasteiger partial charge in [-0.2, -0.15) is 5.10 Å². The van der Waals surface area contributed by atoms with E-state index in [1.165, 1.54) is 0 Å². The summed E-state index contributed by atoms with van der Waals surface area (Å²) in [6.07, 6.45) is 3.84. The summed E-state index contributed by atoms with van der Waals surface area (Å²) in [5.74, 6) is 0.772. The summed E-state index contributed by atoms with van der Waals surface area (Å²) in [5, 5.41) is 7.04. The van der Waals surface area contributed by atoms with E-state index < -0.39 is 0 Å². The highest BCUT2D eigenvalue weighted by Gasteiger charge is 2.39. The first kappa shape index (κ1) is 15.8. The largest absolute Gasteiger partial charge is 0.439 e. The molecule has 1 saturated heterocycles. The van der Waals surface area contributed by atoms with Crippen LogP contribution in [0.1, 0.15) is 17.4 Å². The molecule has 0 radical (unpaired) electrons. The second-order valence-corrected chi connectivity index (χ2v) is 6.54. The van der Waals surface area contributed by atoms with E-state index in [0.29, 0.717) is 19.0 Å². The Bertz CT molecular complexity index is 867. The maximum atomic E-state index is 12.3. The zero-order valence-corrected chi connectivity index (χ0v) is 14.3. The zero-order valence-electron chi connectivity index (χ0n) is 14.3. The first-order valence-corrected chi connectivity index (χ1v) is 8.41. The lowest BCUT2D eigenvalue weighted by molar-refractivity contribution is -0.124. The Kier molecular flexibility index (Phi) is 4.01. The average Bonchev–Trinajstić information content (AvgIpc) is 3.31. The van der Waals surface area contributed by atoms with Gasteiger partial charge in [0, 0.05) is 39.3 Å². The average molecular weight is 339 g/mol. The molecule has 0 spiro atoms. The van der Waals surface area contributed by atoms with Crippen LogP contribution in [-0.2, 0) is 18.4 Å². The van der Waals surface area contributed by atoms with Crippen molar-refractivity contribution in [3.63, 3.8) is 0 Å². The Morgan fingerprint density at radius 2 is 2.20 bits per heavy atom. The predicted molar refractivity (Wildman–Crippen MR) is 92.8 cm³/mol. The molecule has 0 bridgehead atoms. The number of amides is 1. The number of nitrogens with one attached hydrogen (secondary N) is 1. The molecule has 4 rings (SSSR count). The van der Waals surface area contributed by atoms with Gasteiger partial charge in [0.2, 0.25) is 11.8 Å². The van der Waals surface area contributed by atoms with Gasteiger partial charge in [-0.1, -0.05) is 12.1 Å². The number of fused-ring (bicyclic) bond motifs is 1. The van der Waals surface area contributed by atoms with Gasteiger partial charge in [0.15, 0.2) is 5.58 Å². The molecule has 130 valence electrons. The van der Waals surface area contributed by atoms with Crippen molar-refractivity contribution < 1.29 is 9.21 Å². The highest BCUT2D eigenvalue weighted by molar-refractivity contribution is 5.80. The minimum atomic E-state index is -0.0985. The minimum absolute atomic E-state index is 0.0638. The van der Waals surface area contributed by atoms with E-state index in [9.17, 15) is 4.79 Å². The lowest BCUT2D eigenvalue weighted by Gasteiger charge is -2.15. The van der Waals surface area contributed by atoms with Crippen LogP contribution in [0, 0.1) is 5.92 Å². The van der Waals surface area contributed by atoms with Gasteiger partial charge in [0.05, 0.1) is 18.7 Å². The predicted octanol–water partition coefficient (Wildman–Crippen LogP) is 1.52. The second-order valence-electron chi connectivity index (χ2n) is 6.54. The van der Waals surface area contributed by atoms with Crippen LogP contribution >= 0.6 is 0 Å². The summed E-state index contributed by atoms with van der Waals surface area (Å²) in [5.41, 5.74) is 2.75. The molecule has 25 heavy (non-hydrogen) atoms. The van der Waals surface area contributed by atoms with Crippen molar-refractivity contribution in [3.8, 4) is 0 Å². The van der Waals surface area contributed by atoms with Crippen LogP contribution in [0.3, 0.4) is 0 Å². The fraction of sp³-hybridized carbons (Fsp3) is 0.389. The molecule has 3 heterocycles. The molecular formula is C18H21N5O2. The first-order valence-electron chi connectivity index (χ1n) is 8.41. The summed E-state index contributed by atoms with van der Waals surface area (Å²) in [6, 6.07) is 7.75. The number of carbonyl (C=O) groups is 1. The molecule has 2 aromatic heterocycles. The Balaban J connectivity index is 1.55. The normalized spacial score (nSPS) is 21.0. The number of likely N-dealkylation sites (tertiary alicyclic amines) is 1. The molecule has 2 atom stereocenters. The van der Waals surface area contributed by atoms with Crippen LogP contribution in [0.25, 0.3) is 11.1 Å². The van der Waals surface area contributed by atoms with Gasteiger partial charge < -0.3 is 9.73 Å². The van der Waals surface area contributed by atoms with Crippen molar-refractivity contribution in [2.24, 2.45) is 13.0 Å². The molecule has 0 saturated carbocycles. The number of carbonyl (C=O) groups excluding carboxylic acids is 1. The van der Waals surface area contributed by atoms with Crippen molar-refractivity contribution in [1.29, 1.82) is 0 Å². The number of benzene rings is 1. The highest BCUT2D eigenvalue weighted by atomic mass is 16.3. The summed E-state index contributed by atoms with van der Waals surface area (Å²) < 4.78 is 7.60. The highest BCUT2D eigenvalue weighted by Crippen LogP contribution is 2.33. The van der Waals surface area contributed by atoms with Crippen LogP contribution in [0.15, 0.2) is 41.1 Å². The molecule has 1 aromatic carbocycles. The molecule has 7 nitrogen and oxygen atoms in total. The van der Waals surface area contributed by atoms with E-state index in [1.54, 1.807) is 11.7 Å². The summed E-state index contributed by atoms with van der Waals surface area (Å²) >= 11 is 0. The number of aromatic nitrogens is 3. The smallest absolute Gasteiger partial charge is 0.224 e. The number of para-hydroxylation sites is 2. The molecule has 0 unspecified atom stereocenters. The number of aryl methyl sites for hydroxylation is 1. The van der Waals surface area contributed by atoms with Crippen molar-refractivity contribution >= 4 is 17.0 Å². The van der Waals surface area contributed by atoms with Crippen molar-refractivity contribution in [1.82, 2.24) is 25.0 Å². The van der Waals surface area contributed by atoms with Crippen LogP contribution in [-0.4, -0.2) is 45.7 Å². The monoisotopic (exact) mass is 339 g/mol. The molecule has 7 heteroatoms. The van der Waals surface area contributed by atoms with Gasteiger partial charge in [-0.15, -0.1) is 0 Å². The van der Waals surface area contributed by atoms with Gasteiger partial charge >= 0.3 is 0 Å². The van der Waals surface area contributed by atoms with Gasteiger partial charge in [-0.3, -0.25) is 14.4 Å². The maximum Gasteiger partial charge on any atom is 0.224 e. The van der Waals surface area contributed by atoms with Crippen molar-refractivity contribution in [3.05, 3.63) is 48.1 Å². The van der Waals surface area contributed by atoms with Gasteiger partial charge in [-0.05, 0) is 17.7 Å². The first-order chi connectivity index (χ1) is 12.1. The van der Waals surface area contributed by atoms with Crippen molar-refractivity contribution in [2.45, 2.75) is 12.5 Å². The zero-order chi connectivity index (χ0) is 17.4. The molecule has 3 aromatic rings. The standard InChI is InChI=1S/C18H21N5O2/c1-19-18(24)14-10-23(9-13(14)12-7-20-22(2)8-12)11-17-21-15-5-3-4-6-16(15)25-17/h3-8,13-14H,9-11H2,1-2H3,(H,19,24)/t13-,14+/m1/s1. The lowest BCUT2D eigenvalue weighted by atomic mass is 9.90. The molecule has 1 aliphatic heterocycles. The Morgan fingerprint density at radius 1 is 1.36 bits per heavy atom. The Morgan fingerprint density at radius 3 is 2.92 bits per heavy atom. The lowest BCUT2D eigenvalue weighted by Crippen LogP contribution is -2.32. The molecule has 1 amide bonds. The molecule has 1 fully saturated rings. The van der Waals surface area contributed by atoms with Crippen LogP contribution in [0.4, 0.5) is 0 Å². The number of hydrogen-bond acceptors (Lipinski definition) is 5. The topological polar surface area (TPSA) is 76.2 Å². The van der Waals surface area contributed by atoms with E-state index in [2.05, 4.69) is 20.3 Å². The summed E-state index contributed by atoms with van der Waals surface area (Å²) in [6.45, 7) is 2.05. The third-order valence-corrected chi connectivity index (χ3v) is 4.83. The molecule has 1 N–H and O–H groups in total. The van der Waals surface area contributed by atoms with Crippen LogP contribution in [0.5, 0.6) is 0 Å². The van der Waals surface area contributed by atoms with Crippen LogP contribution < -0.4 is 5.32 Å². The third kappa shape index (κ3) is 3.02. The van der Waals surface area contributed by atoms with Gasteiger partial charge in [0.25, 0.3) is 0 Å². The van der Waals surface area contributed by atoms with Gasteiger partial charge in [0.1, 0.15) is 5.52 Å². The number of oxazole rings is 1. The van der Waals surface area contributed by atoms with E-state index in [1.807, 2.05) is 43.7 Å². The van der Waals surface area contributed by atoms with Gasteiger partial charge in [-0.25, -0.2) is 4.98 Å². The summed E-state index contributed by atoms with van der Waals surface area (Å²) in [4.78, 5) is 19.1. The van der Waals surface area contributed by atoms with Crippen molar-refractivity contribution in [2.75, 3.05) is 20.1 Å². The summed E-state index contributed by atoms with van der Waals surface area (Å²) in [7, 11) is 3.58. The number of nitrogens with zero attached hydrogens (tertiary/aromatic N) is 4. The maximum absolute atomic E-state index is 12.3. The molecule has 0 aliphatic carbocycles. The van der Waals surface area contributed by atoms with E-state index in [4.69, 9.17) is 4.42 Å². The Hall–Kier alpha value is -2.67. The number of rotatable bonds is 4. The van der Waals surface area contributed by atoms with E-state index in [0.717, 1.165) is 23.2 Å². The molecular weight excluding hydrogens is 318 g/mol. The van der Waals surface area contributed by atoms with E-state index in [-0.39, 0.29) is 17.7 Å². The molecule has 1 aliphatic rings. The minimum Gasteiger partial charge on any atom is -0.439 e. The quantitative estimate of drug-likeness (QED) is 0.780. The third-order valence-electron chi connectivity index (χ3n) is 4.83. The Labute approximate surface area is 145 Å².